The van der Waals surface area contributed by atoms with Crippen LogP contribution in [0.4, 0.5) is 13.2 Å². The fourth-order valence-corrected chi connectivity index (χ4v) is 5.30. The molecule has 1 N–H and O–H groups in total. The Morgan fingerprint density at radius 2 is 1.86 bits per heavy atom. The number of aromatic nitrogens is 3. The SMILES string of the molecule is CN(C)C(=O)C1Cn2ccnc2C2(CCN(S(=O)(=O)c3cccnc3)CC2)O1.O=C(O)C(F)(F)F. The van der Waals surface area contributed by atoms with Gasteiger partial charge in [0.15, 0.2) is 6.10 Å². The number of pyridine rings is 1. The van der Waals surface area contributed by atoms with E-state index < -0.39 is 33.9 Å². The predicted octanol–water partition coefficient (Wildman–Crippen LogP) is 1.08. The third-order valence-electron chi connectivity index (χ3n) is 5.61. The molecule has 15 heteroatoms. The van der Waals surface area contributed by atoms with Crippen molar-refractivity contribution in [1.82, 2.24) is 23.7 Å². The fourth-order valence-electron chi connectivity index (χ4n) is 3.89. The number of piperidine rings is 1. The van der Waals surface area contributed by atoms with E-state index in [0.717, 1.165) is 5.82 Å². The van der Waals surface area contributed by atoms with Gasteiger partial charge in [0.2, 0.25) is 10.0 Å². The number of carbonyl (C=O) groups excluding carboxylic acids is 1. The van der Waals surface area contributed by atoms with Gasteiger partial charge in [-0.25, -0.2) is 18.2 Å². The molecule has 2 aromatic rings. The second-order valence-corrected chi connectivity index (χ2v) is 10.1. The summed E-state index contributed by atoms with van der Waals surface area (Å²) in [7, 11) is -0.213. The fraction of sp³-hybridized carbons (Fsp3) is 0.500. The summed E-state index contributed by atoms with van der Waals surface area (Å²) in [5.41, 5.74) is -0.765. The smallest absolute Gasteiger partial charge is 0.475 e. The summed E-state index contributed by atoms with van der Waals surface area (Å²) in [5, 5.41) is 7.12. The molecule has 1 saturated heterocycles. The van der Waals surface area contributed by atoms with E-state index in [1.165, 1.54) is 15.4 Å². The number of carboxylic acid groups (broad SMARTS) is 1. The van der Waals surface area contributed by atoms with E-state index in [-0.39, 0.29) is 23.9 Å². The van der Waals surface area contributed by atoms with Gasteiger partial charge in [0.1, 0.15) is 16.3 Å². The zero-order valence-corrected chi connectivity index (χ0v) is 19.7. The minimum Gasteiger partial charge on any atom is -0.475 e. The van der Waals surface area contributed by atoms with Crippen LogP contribution < -0.4 is 0 Å². The first-order chi connectivity index (χ1) is 16.3. The van der Waals surface area contributed by atoms with Crippen molar-refractivity contribution in [1.29, 1.82) is 0 Å². The van der Waals surface area contributed by atoms with Crippen molar-refractivity contribution in [3.8, 4) is 0 Å². The first-order valence-corrected chi connectivity index (χ1v) is 11.8. The Bertz CT molecular complexity index is 1160. The molecule has 1 unspecified atom stereocenters. The number of carbonyl (C=O) groups is 2. The number of aliphatic carboxylic acids is 1. The lowest BCUT2D eigenvalue weighted by Crippen LogP contribution is -2.54. The summed E-state index contributed by atoms with van der Waals surface area (Å²) in [5.74, 6) is -2.11. The highest BCUT2D eigenvalue weighted by Gasteiger charge is 2.48. The maximum atomic E-state index is 12.9. The molecular formula is C20H24F3N5O6S. The molecule has 0 radical (unpaired) electrons. The van der Waals surface area contributed by atoms with Gasteiger partial charge in [0, 0.05) is 52.0 Å². The number of halogens is 3. The molecule has 0 aromatic carbocycles. The van der Waals surface area contributed by atoms with E-state index in [0.29, 0.717) is 19.4 Å². The van der Waals surface area contributed by atoms with Crippen molar-refractivity contribution >= 4 is 21.9 Å². The van der Waals surface area contributed by atoms with Crippen LogP contribution >= 0.6 is 0 Å². The number of sulfonamides is 1. The number of fused-ring (bicyclic) bond motifs is 2. The molecule has 4 heterocycles. The molecule has 11 nitrogen and oxygen atoms in total. The number of carboxylic acids is 1. The Morgan fingerprint density at radius 1 is 1.23 bits per heavy atom. The highest BCUT2D eigenvalue weighted by atomic mass is 32.2. The van der Waals surface area contributed by atoms with Gasteiger partial charge in [-0.2, -0.15) is 17.5 Å². The molecule has 35 heavy (non-hydrogen) atoms. The van der Waals surface area contributed by atoms with Crippen molar-refractivity contribution in [3.63, 3.8) is 0 Å². The molecule has 0 bridgehead atoms. The zero-order valence-electron chi connectivity index (χ0n) is 18.8. The molecule has 2 aliphatic rings. The van der Waals surface area contributed by atoms with Crippen LogP contribution in [0.2, 0.25) is 0 Å². The van der Waals surface area contributed by atoms with Crippen LogP contribution in [0, 0.1) is 0 Å². The molecule has 4 rings (SSSR count). The summed E-state index contributed by atoms with van der Waals surface area (Å²) >= 11 is 0. The van der Waals surface area contributed by atoms with Crippen LogP contribution in [0.15, 0.2) is 41.8 Å². The number of nitrogens with zero attached hydrogens (tertiary/aromatic N) is 5. The lowest BCUT2D eigenvalue weighted by Gasteiger charge is -2.45. The molecular weight excluding hydrogens is 495 g/mol. The van der Waals surface area contributed by atoms with Crippen LogP contribution in [0.1, 0.15) is 18.7 Å². The van der Waals surface area contributed by atoms with Crippen molar-refractivity contribution in [2.45, 2.75) is 42.2 Å². The monoisotopic (exact) mass is 519 g/mol. The third-order valence-corrected chi connectivity index (χ3v) is 7.50. The zero-order chi connectivity index (χ0) is 26.0. The van der Waals surface area contributed by atoms with Gasteiger partial charge in [-0.15, -0.1) is 0 Å². The second kappa shape index (κ2) is 9.91. The van der Waals surface area contributed by atoms with Crippen LogP contribution in [0.25, 0.3) is 0 Å². The first kappa shape index (κ1) is 26.6. The summed E-state index contributed by atoms with van der Waals surface area (Å²) in [6.07, 6.45) is 1.60. The van der Waals surface area contributed by atoms with Gasteiger partial charge in [0.05, 0.1) is 6.54 Å². The van der Waals surface area contributed by atoms with Gasteiger partial charge < -0.3 is 19.3 Å². The third kappa shape index (κ3) is 5.62. The number of ether oxygens (including phenoxy) is 1. The van der Waals surface area contributed by atoms with Crippen molar-refractivity contribution in [2.75, 3.05) is 27.2 Å². The molecule has 1 spiro atoms. The maximum Gasteiger partial charge on any atom is 0.490 e. The minimum absolute atomic E-state index is 0.107. The number of hydrogen-bond acceptors (Lipinski definition) is 7. The second-order valence-electron chi connectivity index (χ2n) is 8.13. The topological polar surface area (TPSA) is 135 Å². The van der Waals surface area contributed by atoms with E-state index in [2.05, 4.69) is 9.97 Å². The predicted molar refractivity (Wildman–Crippen MR) is 113 cm³/mol. The number of rotatable bonds is 3. The van der Waals surface area contributed by atoms with Crippen molar-refractivity contribution < 1.29 is 41.0 Å². The van der Waals surface area contributed by atoms with Gasteiger partial charge in [-0.3, -0.25) is 9.78 Å². The maximum absolute atomic E-state index is 12.9. The Balaban J connectivity index is 0.000000429. The number of hydrogen-bond donors (Lipinski definition) is 1. The molecule has 2 aromatic heterocycles. The van der Waals surface area contributed by atoms with Gasteiger partial charge in [-0.05, 0) is 25.0 Å². The van der Waals surface area contributed by atoms with Crippen LogP contribution in [-0.2, 0) is 36.5 Å². The first-order valence-electron chi connectivity index (χ1n) is 10.4. The Labute approximate surface area is 199 Å². The number of likely N-dealkylation sites (N-methyl/N-ethyl adjacent to an activating group) is 1. The summed E-state index contributed by atoms with van der Waals surface area (Å²) < 4.78 is 67.2. The van der Waals surface area contributed by atoms with E-state index >= 15 is 0 Å². The molecule has 192 valence electrons. The quantitative estimate of drug-likeness (QED) is 0.637. The number of imidazole rings is 1. The average molecular weight is 520 g/mol. The molecule has 2 aliphatic heterocycles. The number of amides is 1. The van der Waals surface area contributed by atoms with Crippen molar-refractivity contribution in [2.24, 2.45) is 0 Å². The minimum atomic E-state index is -5.08. The summed E-state index contributed by atoms with van der Waals surface area (Å²) in [6, 6.07) is 3.15. The van der Waals surface area contributed by atoms with E-state index in [4.69, 9.17) is 14.6 Å². The van der Waals surface area contributed by atoms with Gasteiger partial charge >= 0.3 is 12.1 Å². The van der Waals surface area contributed by atoms with Gasteiger partial charge in [0.25, 0.3) is 5.91 Å². The largest absolute Gasteiger partial charge is 0.490 e. The van der Waals surface area contributed by atoms with E-state index in [1.54, 1.807) is 38.6 Å². The molecule has 1 amide bonds. The Morgan fingerprint density at radius 3 is 2.37 bits per heavy atom. The summed E-state index contributed by atoms with van der Waals surface area (Å²) in [4.78, 5) is 31.5. The Kier molecular flexibility index (Phi) is 7.52. The van der Waals surface area contributed by atoms with Crippen LogP contribution in [0.3, 0.4) is 0 Å². The molecule has 1 atom stereocenters. The average Bonchev–Trinajstić information content (AvgIpc) is 3.29. The molecule has 0 saturated carbocycles. The lowest BCUT2D eigenvalue weighted by molar-refractivity contribution is -0.192. The molecule has 1 fully saturated rings. The van der Waals surface area contributed by atoms with Crippen LogP contribution in [-0.4, -0.2) is 88.6 Å². The lowest BCUT2D eigenvalue weighted by atomic mass is 9.89. The normalized spacial score (nSPS) is 19.9. The van der Waals surface area contributed by atoms with Crippen molar-refractivity contribution in [3.05, 3.63) is 42.7 Å². The molecule has 0 aliphatic carbocycles. The number of alkyl halides is 3. The van der Waals surface area contributed by atoms with Gasteiger partial charge in [-0.1, -0.05) is 0 Å². The Hall–Kier alpha value is -3.04. The summed E-state index contributed by atoms with van der Waals surface area (Å²) in [6.45, 7) is 0.978. The van der Waals surface area contributed by atoms with E-state index in [1.807, 2.05) is 10.8 Å². The van der Waals surface area contributed by atoms with E-state index in [9.17, 15) is 26.4 Å². The standard InChI is InChI=1S/C18H23N5O4S.C2HF3O2/c1-21(2)16(24)15-13-22-11-8-20-17(22)18(27-15)5-9-23(10-6-18)28(25,26)14-4-3-7-19-12-14;3-2(4,5)1(6)7/h3-4,7-8,11-12,15H,5-6,9-10,13H2,1-2H3;(H,6,7). The van der Waals surface area contributed by atoms with Crippen LogP contribution in [0.5, 0.6) is 0 Å². The highest BCUT2D eigenvalue weighted by molar-refractivity contribution is 7.89. The highest BCUT2D eigenvalue weighted by Crippen LogP contribution is 2.41.